The zero-order valence-electron chi connectivity index (χ0n) is 8.69. The van der Waals surface area contributed by atoms with E-state index in [0.29, 0.717) is 6.42 Å². The summed E-state index contributed by atoms with van der Waals surface area (Å²) < 4.78 is 26.6. The lowest BCUT2D eigenvalue weighted by atomic mass is 10.1. The predicted octanol–water partition coefficient (Wildman–Crippen LogP) is 2.07. The summed E-state index contributed by atoms with van der Waals surface area (Å²) in [5.41, 5.74) is 4.07. The van der Waals surface area contributed by atoms with E-state index in [1.165, 1.54) is 23.8 Å². The maximum atomic E-state index is 12.6. The minimum absolute atomic E-state index is 0. The molecule has 0 spiro atoms. The van der Waals surface area contributed by atoms with E-state index in [1.807, 2.05) is 0 Å². The number of alkyl halides is 2. The van der Waals surface area contributed by atoms with Gasteiger partial charge in [0.1, 0.15) is 0 Å². The molecule has 0 radical (unpaired) electrons. The molecule has 0 amide bonds. The third-order valence-electron chi connectivity index (χ3n) is 3.07. The molecule has 6 heteroatoms. The van der Waals surface area contributed by atoms with Crippen LogP contribution in [0.15, 0.2) is 23.1 Å². The van der Waals surface area contributed by atoms with Crippen LogP contribution in [-0.4, -0.2) is 11.0 Å². The van der Waals surface area contributed by atoms with Crippen molar-refractivity contribution in [1.29, 1.82) is 0 Å². The Morgan fingerprint density at radius 1 is 1.62 bits per heavy atom. The molecule has 1 aromatic rings. The molecule has 1 fully saturated rings. The number of nitrogens with two attached hydrogens (primary N) is 1. The van der Waals surface area contributed by atoms with Crippen molar-refractivity contribution in [3.8, 4) is 0 Å². The van der Waals surface area contributed by atoms with Gasteiger partial charge < -0.3 is 10.3 Å². The normalized spacial score (nSPS) is 27.6. The second kappa shape index (κ2) is 4.05. The van der Waals surface area contributed by atoms with E-state index in [0.717, 1.165) is 0 Å². The second-order valence-electron chi connectivity index (χ2n) is 4.20. The molecule has 1 aliphatic rings. The summed E-state index contributed by atoms with van der Waals surface area (Å²) in [6, 6.07) is 2.65. The Kier molecular flexibility index (Phi) is 3.28. The minimum Gasteiger partial charge on any atom is -0.394 e. The van der Waals surface area contributed by atoms with E-state index in [4.69, 9.17) is 5.73 Å². The molecule has 2 rings (SSSR count). The van der Waals surface area contributed by atoms with Crippen LogP contribution in [-0.2, 0) is 0 Å². The topological polar surface area (TPSA) is 48.0 Å². The molecule has 1 saturated carbocycles. The molecule has 2 N–H and O–H groups in total. The lowest BCUT2D eigenvalue weighted by Crippen LogP contribution is -2.24. The van der Waals surface area contributed by atoms with Gasteiger partial charge in [-0.2, -0.15) is 0 Å². The highest BCUT2D eigenvalue weighted by Crippen LogP contribution is 2.59. The maximum Gasteiger partial charge on any atom is 0.273 e. The Hall–Kier alpha value is -1.10. The molecule has 90 valence electrons. The van der Waals surface area contributed by atoms with Gasteiger partial charge in [0.05, 0.1) is 11.1 Å². The first kappa shape index (κ1) is 13.0. The van der Waals surface area contributed by atoms with E-state index in [9.17, 15) is 13.6 Å². The molecule has 3 nitrogen and oxygen atoms in total. The van der Waals surface area contributed by atoms with Crippen molar-refractivity contribution in [2.45, 2.75) is 25.8 Å². The van der Waals surface area contributed by atoms with Crippen molar-refractivity contribution >= 4 is 18.1 Å². The smallest absolute Gasteiger partial charge is 0.273 e. The van der Waals surface area contributed by atoms with Crippen LogP contribution in [0.3, 0.4) is 0 Å². The first-order valence-corrected chi connectivity index (χ1v) is 4.71. The Morgan fingerprint density at radius 3 is 2.75 bits per heavy atom. The molecule has 0 unspecified atom stereocenters. The number of nitrogen functional groups attached to an aromatic ring is 1. The van der Waals surface area contributed by atoms with E-state index in [-0.39, 0.29) is 23.7 Å². The van der Waals surface area contributed by atoms with Crippen LogP contribution in [0, 0.1) is 5.41 Å². The molecule has 0 bridgehead atoms. The molecule has 1 aromatic heterocycles. The Bertz CT molecular complexity index is 449. The molecule has 0 saturated heterocycles. The highest BCUT2D eigenvalue weighted by molar-refractivity contribution is 5.85. The summed E-state index contributed by atoms with van der Waals surface area (Å²) in [4.78, 5) is 11.6. The van der Waals surface area contributed by atoms with E-state index < -0.39 is 17.9 Å². The van der Waals surface area contributed by atoms with Crippen LogP contribution in [0.25, 0.3) is 0 Å². The number of halogens is 3. The SMILES string of the molecule is C[C@@]1(C(F)F)C[C@H]1n1cccc(N)c1=O.Cl. The average Bonchev–Trinajstić information content (AvgIpc) is 2.84. The summed E-state index contributed by atoms with van der Waals surface area (Å²) in [5, 5.41) is 0. The number of hydrogen-bond acceptors (Lipinski definition) is 2. The third kappa shape index (κ3) is 1.80. The molecule has 0 aliphatic heterocycles. The highest BCUT2D eigenvalue weighted by atomic mass is 35.5. The molecule has 2 atom stereocenters. The fourth-order valence-electron chi connectivity index (χ4n) is 1.78. The Morgan fingerprint density at radius 2 is 2.25 bits per heavy atom. The molecule has 0 aromatic carbocycles. The first-order valence-electron chi connectivity index (χ1n) is 4.71. The van der Waals surface area contributed by atoms with Crippen LogP contribution in [0.5, 0.6) is 0 Å². The third-order valence-corrected chi connectivity index (χ3v) is 3.07. The predicted molar refractivity (Wildman–Crippen MR) is 60.1 cm³/mol. The molecule has 1 aliphatic carbocycles. The lowest BCUT2D eigenvalue weighted by Gasteiger charge is -2.11. The van der Waals surface area contributed by atoms with E-state index in [1.54, 1.807) is 6.07 Å². The minimum atomic E-state index is -2.41. The Labute approximate surface area is 97.7 Å². The van der Waals surface area contributed by atoms with Gasteiger partial charge in [-0.05, 0) is 18.6 Å². The van der Waals surface area contributed by atoms with E-state index >= 15 is 0 Å². The van der Waals surface area contributed by atoms with Crippen molar-refractivity contribution in [3.63, 3.8) is 0 Å². The summed E-state index contributed by atoms with van der Waals surface area (Å²) in [5.74, 6) is 0. The van der Waals surface area contributed by atoms with Gasteiger partial charge in [-0.1, -0.05) is 6.92 Å². The average molecular weight is 251 g/mol. The summed E-state index contributed by atoms with van der Waals surface area (Å²) >= 11 is 0. The zero-order chi connectivity index (χ0) is 11.2. The van der Waals surface area contributed by atoms with Crippen molar-refractivity contribution in [1.82, 2.24) is 4.57 Å². The van der Waals surface area contributed by atoms with Crippen molar-refractivity contribution in [3.05, 3.63) is 28.7 Å². The van der Waals surface area contributed by atoms with E-state index in [2.05, 4.69) is 0 Å². The van der Waals surface area contributed by atoms with Gasteiger partial charge >= 0.3 is 0 Å². The van der Waals surface area contributed by atoms with Gasteiger partial charge in [0.15, 0.2) is 0 Å². The van der Waals surface area contributed by atoms with Gasteiger partial charge in [-0.15, -0.1) is 12.4 Å². The number of anilines is 1. The van der Waals surface area contributed by atoms with Crippen LogP contribution in [0.4, 0.5) is 14.5 Å². The first-order chi connectivity index (χ1) is 6.97. The highest BCUT2D eigenvalue weighted by Gasteiger charge is 2.58. The van der Waals surface area contributed by atoms with Crippen LogP contribution in [0.2, 0.25) is 0 Å². The van der Waals surface area contributed by atoms with Crippen molar-refractivity contribution in [2.24, 2.45) is 5.41 Å². The van der Waals surface area contributed by atoms with Gasteiger partial charge in [0, 0.05) is 12.2 Å². The number of hydrogen-bond donors (Lipinski definition) is 1. The van der Waals surface area contributed by atoms with Crippen LogP contribution >= 0.6 is 12.4 Å². The summed E-state index contributed by atoms with van der Waals surface area (Å²) in [6.45, 7) is 1.48. The summed E-state index contributed by atoms with van der Waals surface area (Å²) in [6.07, 6.45) is -0.568. The number of nitrogens with zero attached hydrogens (tertiary/aromatic N) is 1. The Balaban J connectivity index is 0.00000128. The number of rotatable bonds is 2. The lowest BCUT2D eigenvalue weighted by molar-refractivity contribution is 0.0631. The monoisotopic (exact) mass is 250 g/mol. The number of pyridine rings is 1. The van der Waals surface area contributed by atoms with Gasteiger partial charge in [0.2, 0.25) is 6.43 Å². The fourth-order valence-corrected chi connectivity index (χ4v) is 1.78. The van der Waals surface area contributed by atoms with Crippen molar-refractivity contribution in [2.75, 3.05) is 5.73 Å². The van der Waals surface area contributed by atoms with Gasteiger partial charge in [0.25, 0.3) is 5.56 Å². The maximum absolute atomic E-state index is 12.6. The fraction of sp³-hybridized carbons (Fsp3) is 0.500. The largest absolute Gasteiger partial charge is 0.394 e. The zero-order valence-corrected chi connectivity index (χ0v) is 9.51. The molecular weight excluding hydrogens is 238 g/mol. The van der Waals surface area contributed by atoms with Crippen molar-refractivity contribution < 1.29 is 8.78 Å². The second-order valence-corrected chi connectivity index (χ2v) is 4.20. The standard InChI is InChI=1S/C10H12F2N2O.ClH/c1-10(9(11)12)5-7(10)14-4-2-3-6(13)8(14)15;/h2-4,7,9H,5,13H2,1H3;1H/t7-,10-;/m1./s1. The molecule has 1 heterocycles. The van der Waals surface area contributed by atoms with Crippen LogP contribution < -0.4 is 11.3 Å². The quantitative estimate of drug-likeness (QED) is 0.874. The van der Waals surface area contributed by atoms with Gasteiger partial charge in [-0.3, -0.25) is 4.79 Å². The number of aromatic nitrogens is 1. The summed E-state index contributed by atoms with van der Waals surface area (Å²) in [7, 11) is 0. The van der Waals surface area contributed by atoms with Crippen LogP contribution in [0.1, 0.15) is 19.4 Å². The molecular formula is C10H13ClF2N2O. The molecule has 16 heavy (non-hydrogen) atoms. The van der Waals surface area contributed by atoms with Gasteiger partial charge in [-0.25, -0.2) is 8.78 Å².